The predicted molar refractivity (Wildman–Crippen MR) is 56.4 cm³/mol. The second kappa shape index (κ2) is 4.43. The molecule has 0 fully saturated rings. The Labute approximate surface area is 88.4 Å². The summed E-state index contributed by atoms with van der Waals surface area (Å²) < 4.78 is 31.2. The van der Waals surface area contributed by atoms with Crippen molar-refractivity contribution in [1.29, 1.82) is 0 Å². The van der Waals surface area contributed by atoms with E-state index in [-0.39, 0.29) is 5.57 Å². The van der Waals surface area contributed by atoms with E-state index in [1.165, 1.54) is 6.92 Å². The first-order valence-corrected chi connectivity index (χ1v) is 4.65. The minimum absolute atomic E-state index is 0.185. The van der Waals surface area contributed by atoms with Crippen molar-refractivity contribution >= 4 is 0 Å². The van der Waals surface area contributed by atoms with Gasteiger partial charge < -0.3 is 4.74 Å². The van der Waals surface area contributed by atoms with Gasteiger partial charge in [0.15, 0.2) is 6.61 Å². The van der Waals surface area contributed by atoms with Gasteiger partial charge in [-0.1, -0.05) is 18.7 Å². The fraction of sp³-hybridized carbons (Fsp3) is 0.333. The average molecular weight is 212 g/mol. The third kappa shape index (κ3) is 3.35. The number of rotatable bonds is 4. The normalized spacial score (nSPS) is 11.2. The first-order valence-electron chi connectivity index (χ1n) is 4.65. The molecule has 1 rings (SSSR count). The van der Waals surface area contributed by atoms with Crippen molar-refractivity contribution in [3.63, 3.8) is 0 Å². The second-order valence-electron chi connectivity index (χ2n) is 3.59. The minimum atomic E-state index is -2.97. The second-order valence-corrected chi connectivity index (χ2v) is 3.59. The molecule has 0 aromatic heterocycles. The van der Waals surface area contributed by atoms with E-state index in [1.807, 2.05) is 13.0 Å². The molecule has 0 saturated carbocycles. The van der Waals surface area contributed by atoms with Crippen molar-refractivity contribution in [1.82, 2.24) is 0 Å². The van der Waals surface area contributed by atoms with Crippen LogP contribution in [0.25, 0.3) is 0 Å². The number of alkyl halides is 2. The largest absolute Gasteiger partial charge is 0.487 e. The summed E-state index contributed by atoms with van der Waals surface area (Å²) in [6.45, 7) is 5.74. The van der Waals surface area contributed by atoms with Crippen LogP contribution in [0.2, 0.25) is 0 Å². The summed E-state index contributed by atoms with van der Waals surface area (Å²) in [5.41, 5.74) is 0.793. The van der Waals surface area contributed by atoms with Crippen molar-refractivity contribution in [2.24, 2.45) is 0 Å². The highest BCUT2D eigenvalue weighted by atomic mass is 19.3. The van der Waals surface area contributed by atoms with Crippen LogP contribution in [0.4, 0.5) is 8.78 Å². The van der Waals surface area contributed by atoms with Crippen molar-refractivity contribution in [2.75, 3.05) is 6.61 Å². The summed E-state index contributed by atoms with van der Waals surface area (Å²) in [4.78, 5) is 0. The zero-order valence-electron chi connectivity index (χ0n) is 8.89. The van der Waals surface area contributed by atoms with Crippen LogP contribution in [-0.2, 0) is 0 Å². The average Bonchev–Trinajstić information content (AvgIpc) is 2.15. The Kier molecular flexibility index (Phi) is 3.45. The summed E-state index contributed by atoms with van der Waals surface area (Å²) in [5, 5.41) is 0. The van der Waals surface area contributed by atoms with Gasteiger partial charge in [0, 0.05) is 0 Å². The Morgan fingerprint density at radius 3 is 2.67 bits per heavy atom. The van der Waals surface area contributed by atoms with E-state index in [0.717, 1.165) is 5.56 Å². The van der Waals surface area contributed by atoms with E-state index in [9.17, 15) is 8.78 Å². The Bertz CT molecular complexity index is 358. The van der Waals surface area contributed by atoms with E-state index in [4.69, 9.17) is 4.74 Å². The van der Waals surface area contributed by atoms with Crippen molar-refractivity contribution in [3.8, 4) is 5.75 Å². The molecule has 0 saturated heterocycles. The van der Waals surface area contributed by atoms with Gasteiger partial charge >= 0.3 is 5.92 Å². The molecule has 1 nitrogen and oxygen atoms in total. The maximum Gasteiger partial charge on any atom is 0.302 e. The van der Waals surface area contributed by atoms with Gasteiger partial charge in [-0.15, -0.1) is 0 Å². The molecule has 82 valence electrons. The Hall–Kier alpha value is -1.38. The first-order chi connectivity index (χ1) is 6.92. The zero-order chi connectivity index (χ0) is 11.5. The van der Waals surface area contributed by atoms with Gasteiger partial charge in [0.25, 0.3) is 0 Å². The van der Waals surface area contributed by atoms with Crippen LogP contribution < -0.4 is 4.74 Å². The van der Waals surface area contributed by atoms with Gasteiger partial charge in [-0.05, 0) is 37.1 Å². The molecule has 0 N–H and O–H groups in total. The molecule has 0 radical (unpaired) electrons. The smallest absolute Gasteiger partial charge is 0.302 e. The molecular formula is C12H14F2O. The van der Waals surface area contributed by atoms with Crippen molar-refractivity contribution < 1.29 is 13.5 Å². The van der Waals surface area contributed by atoms with E-state index < -0.39 is 12.5 Å². The van der Waals surface area contributed by atoms with Crippen LogP contribution in [0.5, 0.6) is 5.75 Å². The van der Waals surface area contributed by atoms with Gasteiger partial charge in [0.05, 0.1) is 0 Å². The molecule has 3 heteroatoms. The van der Waals surface area contributed by atoms with Crippen LogP contribution >= 0.6 is 0 Å². The summed E-state index contributed by atoms with van der Waals surface area (Å²) >= 11 is 0. The Morgan fingerprint density at radius 2 is 2.13 bits per heavy atom. The molecule has 0 bridgehead atoms. The number of hydrogen-bond acceptors (Lipinski definition) is 1. The number of benzene rings is 1. The number of hydrogen-bond donors (Lipinski definition) is 0. The Morgan fingerprint density at radius 1 is 1.47 bits per heavy atom. The Balaban J connectivity index is 2.61. The predicted octanol–water partition coefficient (Wildman–Crippen LogP) is 3.59. The summed E-state index contributed by atoms with van der Waals surface area (Å²) in [6.07, 6.45) is 0. The van der Waals surface area contributed by atoms with Crippen LogP contribution in [0.1, 0.15) is 12.5 Å². The molecule has 0 atom stereocenters. The highest BCUT2D eigenvalue weighted by Crippen LogP contribution is 2.24. The lowest BCUT2D eigenvalue weighted by Gasteiger charge is -2.17. The molecular weight excluding hydrogens is 198 g/mol. The third-order valence-corrected chi connectivity index (χ3v) is 2.03. The molecule has 1 aromatic carbocycles. The highest BCUT2D eigenvalue weighted by molar-refractivity contribution is 5.27. The lowest BCUT2D eigenvalue weighted by molar-refractivity contribution is -0.00556. The van der Waals surface area contributed by atoms with Crippen LogP contribution in [-0.4, -0.2) is 12.5 Å². The van der Waals surface area contributed by atoms with Gasteiger partial charge in [0.2, 0.25) is 0 Å². The fourth-order valence-corrected chi connectivity index (χ4v) is 1.00. The van der Waals surface area contributed by atoms with E-state index >= 15 is 0 Å². The molecule has 0 aliphatic heterocycles. The van der Waals surface area contributed by atoms with Crippen molar-refractivity contribution in [2.45, 2.75) is 19.8 Å². The number of aryl methyl sites for hydroxylation is 1. The van der Waals surface area contributed by atoms with Crippen molar-refractivity contribution in [3.05, 3.63) is 42.0 Å². The summed E-state index contributed by atoms with van der Waals surface area (Å²) in [7, 11) is 0. The molecule has 0 spiro atoms. The lowest BCUT2D eigenvalue weighted by Crippen LogP contribution is -2.26. The minimum Gasteiger partial charge on any atom is -0.487 e. The molecule has 0 unspecified atom stereocenters. The number of halogens is 2. The van der Waals surface area contributed by atoms with Gasteiger partial charge in [-0.2, -0.15) is 8.78 Å². The van der Waals surface area contributed by atoms with E-state index in [0.29, 0.717) is 5.75 Å². The molecule has 15 heavy (non-hydrogen) atoms. The number of ether oxygens (including phenoxy) is 1. The maximum atomic E-state index is 13.1. The fourth-order valence-electron chi connectivity index (χ4n) is 1.00. The topological polar surface area (TPSA) is 9.23 Å². The van der Waals surface area contributed by atoms with Gasteiger partial charge in [-0.3, -0.25) is 0 Å². The first kappa shape index (κ1) is 11.7. The lowest BCUT2D eigenvalue weighted by atomic mass is 10.2. The molecule has 0 amide bonds. The van der Waals surface area contributed by atoms with E-state index in [2.05, 4.69) is 6.58 Å². The van der Waals surface area contributed by atoms with Crippen LogP contribution in [0.15, 0.2) is 36.4 Å². The maximum absolute atomic E-state index is 13.1. The van der Waals surface area contributed by atoms with Crippen LogP contribution in [0, 0.1) is 6.92 Å². The van der Waals surface area contributed by atoms with Crippen LogP contribution in [0.3, 0.4) is 0 Å². The van der Waals surface area contributed by atoms with Gasteiger partial charge in [0.1, 0.15) is 5.75 Å². The monoisotopic (exact) mass is 212 g/mol. The van der Waals surface area contributed by atoms with Gasteiger partial charge in [-0.25, -0.2) is 0 Å². The standard InChI is InChI=1S/C12H14F2O/c1-9(2)12(13,14)8-15-11-6-4-5-10(3)7-11/h4-7H,1,8H2,2-3H3. The zero-order valence-corrected chi connectivity index (χ0v) is 8.89. The summed E-state index contributed by atoms with van der Waals surface area (Å²) in [6, 6.07) is 7.02. The highest BCUT2D eigenvalue weighted by Gasteiger charge is 2.30. The molecule has 1 aromatic rings. The third-order valence-electron chi connectivity index (χ3n) is 2.03. The SMILES string of the molecule is C=C(C)C(F)(F)COc1cccc(C)c1. The molecule has 0 aliphatic carbocycles. The van der Waals surface area contributed by atoms with E-state index in [1.54, 1.807) is 18.2 Å². The molecule has 0 heterocycles. The quantitative estimate of drug-likeness (QED) is 0.693. The summed E-state index contributed by atoms with van der Waals surface area (Å²) in [5.74, 6) is -2.51. The molecule has 0 aliphatic rings.